The van der Waals surface area contributed by atoms with Gasteiger partial charge in [-0.05, 0) is 19.1 Å². The zero-order valence-corrected chi connectivity index (χ0v) is 17.4. The first-order valence-corrected chi connectivity index (χ1v) is 10.3. The van der Waals surface area contributed by atoms with Gasteiger partial charge in [-0.25, -0.2) is 14.2 Å². The molecule has 0 saturated carbocycles. The summed E-state index contributed by atoms with van der Waals surface area (Å²) in [5, 5.41) is 2.80. The van der Waals surface area contributed by atoms with Gasteiger partial charge in [-0.15, -0.1) is 11.3 Å². The van der Waals surface area contributed by atoms with Gasteiger partial charge in [0.2, 0.25) is 0 Å². The number of allylic oxidation sites excluding steroid dienone is 1. The minimum absolute atomic E-state index is 0.204. The van der Waals surface area contributed by atoms with Crippen LogP contribution >= 0.6 is 22.9 Å². The minimum Gasteiger partial charge on any atom is -0.463 e. The molecule has 4 rings (SSSR count). The molecule has 1 atom stereocenters. The average molecular weight is 433 g/mol. The molecule has 0 radical (unpaired) electrons. The molecule has 0 spiro atoms. The van der Waals surface area contributed by atoms with Gasteiger partial charge in [0, 0.05) is 47.0 Å². The van der Waals surface area contributed by atoms with Gasteiger partial charge in [0.05, 0.1) is 18.7 Å². The average Bonchev–Trinajstić information content (AvgIpc) is 3.37. The topological polar surface area (TPSA) is 67.2 Å². The van der Waals surface area contributed by atoms with E-state index in [1.807, 2.05) is 10.3 Å². The molecule has 9 heteroatoms. The summed E-state index contributed by atoms with van der Waals surface area (Å²) in [4.78, 5) is 28.5. The number of nitrogens with zero attached hydrogens (tertiary/aromatic N) is 4. The van der Waals surface area contributed by atoms with Gasteiger partial charge < -0.3 is 9.64 Å². The van der Waals surface area contributed by atoms with Crippen LogP contribution in [0.1, 0.15) is 30.0 Å². The van der Waals surface area contributed by atoms with Gasteiger partial charge in [-0.2, -0.15) is 0 Å². The lowest BCUT2D eigenvalue weighted by molar-refractivity contribution is -0.139. The number of hydrogen-bond acceptors (Lipinski definition) is 7. The van der Waals surface area contributed by atoms with Crippen LogP contribution in [0.2, 0.25) is 5.02 Å². The van der Waals surface area contributed by atoms with Crippen molar-refractivity contribution in [2.45, 2.75) is 19.4 Å². The van der Waals surface area contributed by atoms with Crippen LogP contribution in [-0.4, -0.2) is 47.6 Å². The number of benzene rings is 1. The van der Waals surface area contributed by atoms with Crippen LogP contribution in [-0.2, 0) is 9.53 Å². The van der Waals surface area contributed by atoms with Crippen LogP contribution in [0.3, 0.4) is 0 Å². The molecule has 1 aromatic carbocycles. The summed E-state index contributed by atoms with van der Waals surface area (Å²) in [5.74, 6) is -0.267. The largest absolute Gasteiger partial charge is 0.463 e. The summed E-state index contributed by atoms with van der Waals surface area (Å²) < 4.78 is 19.0. The second kappa shape index (κ2) is 8.04. The van der Waals surface area contributed by atoms with Gasteiger partial charge in [0.25, 0.3) is 0 Å². The second-order valence-corrected chi connectivity index (χ2v) is 7.79. The number of carbonyl (C=O) groups is 1. The monoisotopic (exact) mass is 432 g/mol. The zero-order valence-electron chi connectivity index (χ0n) is 15.9. The van der Waals surface area contributed by atoms with E-state index in [2.05, 4.69) is 9.98 Å². The summed E-state index contributed by atoms with van der Waals surface area (Å²) in [7, 11) is 1.73. The van der Waals surface area contributed by atoms with Crippen molar-refractivity contribution in [2.24, 2.45) is 9.98 Å². The van der Waals surface area contributed by atoms with Crippen LogP contribution < -0.4 is 0 Å². The Kier molecular flexibility index (Phi) is 5.47. The molecule has 2 aromatic rings. The standard InChI is InChI=1S/C20H18ClFN4O2S/c1-3-28-20(27)16-15-9-12(23-2)10-26(15)18(19-24-6-7-29-19)25-17(16)13-5-4-11(22)8-14(13)21/h4-8,17H,3,9-10H2,1-2H3/t17-/m0/s1. The van der Waals surface area contributed by atoms with Crippen molar-refractivity contribution < 1.29 is 13.9 Å². The van der Waals surface area contributed by atoms with E-state index in [1.165, 1.54) is 23.5 Å². The highest BCUT2D eigenvalue weighted by Gasteiger charge is 2.41. The van der Waals surface area contributed by atoms with Crippen molar-refractivity contribution in [3.63, 3.8) is 0 Å². The molecule has 2 aliphatic heterocycles. The number of ether oxygens (including phenoxy) is 1. The number of carbonyl (C=O) groups excluding carboxylic acids is 1. The zero-order chi connectivity index (χ0) is 20.5. The fraction of sp³-hybridized carbons (Fsp3) is 0.300. The third kappa shape index (κ3) is 3.58. The Morgan fingerprint density at radius 2 is 2.31 bits per heavy atom. The minimum atomic E-state index is -0.719. The van der Waals surface area contributed by atoms with Crippen molar-refractivity contribution in [3.05, 3.63) is 62.5 Å². The molecule has 0 amide bonds. The highest BCUT2D eigenvalue weighted by atomic mass is 35.5. The Balaban J connectivity index is 1.93. The Bertz CT molecular complexity index is 1050. The van der Waals surface area contributed by atoms with Gasteiger partial charge in [-0.3, -0.25) is 9.98 Å². The number of aromatic nitrogens is 1. The molecule has 2 aliphatic rings. The van der Waals surface area contributed by atoms with Crippen molar-refractivity contribution in [1.29, 1.82) is 0 Å². The van der Waals surface area contributed by atoms with Crippen LogP contribution in [0.25, 0.3) is 0 Å². The van der Waals surface area contributed by atoms with Crippen molar-refractivity contribution in [3.8, 4) is 0 Å². The van der Waals surface area contributed by atoms with Gasteiger partial charge in [-0.1, -0.05) is 17.7 Å². The molecule has 150 valence electrons. The van der Waals surface area contributed by atoms with E-state index < -0.39 is 17.8 Å². The van der Waals surface area contributed by atoms with Crippen molar-refractivity contribution >= 4 is 40.5 Å². The normalized spacial score (nSPS) is 20.1. The Labute approximate surface area is 176 Å². The summed E-state index contributed by atoms with van der Waals surface area (Å²) in [5.41, 5.74) is 2.64. The number of fused-ring (bicyclic) bond motifs is 1. The van der Waals surface area contributed by atoms with E-state index in [1.54, 1.807) is 26.2 Å². The van der Waals surface area contributed by atoms with Gasteiger partial charge >= 0.3 is 5.97 Å². The quantitative estimate of drug-likeness (QED) is 0.684. The molecule has 1 saturated heterocycles. The lowest BCUT2D eigenvalue weighted by Gasteiger charge is -2.31. The SMILES string of the molecule is CCOC(=O)C1=C2CC(=NC)CN2C(c2nccs2)=N[C@H]1c1ccc(F)cc1Cl. The van der Waals surface area contributed by atoms with E-state index in [4.69, 9.17) is 21.3 Å². The summed E-state index contributed by atoms with van der Waals surface area (Å²) in [6.45, 7) is 2.51. The first-order chi connectivity index (χ1) is 14.0. The van der Waals surface area contributed by atoms with E-state index >= 15 is 0 Å². The Morgan fingerprint density at radius 3 is 2.97 bits per heavy atom. The third-order valence-corrected chi connectivity index (χ3v) is 5.92. The lowest BCUT2D eigenvalue weighted by atomic mass is 9.94. The maximum absolute atomic E-state index is 13.6. The molecule has 6 nitrogen and oxygen atoms in total. The maximum atomic E-state index is 13.6. The number of hydrogen-bond donors (Lipinski definition) is 0. The molecule has 0 N–H and O–H groups in total. The fourth-order valence-electron chi connectivity index (χ4n) is 3.52. The lowest BCUT2D eigenvalue weighted by Crippen LogP contribution is -2.35. The highest BCUT2D eigenvalue weighted by Crippen LogP contribution is 2.42. The molecular formula is C20H18ClFN4O2S. The van der Waals surface area contributed by atoms with Gasteiger partial charge in [0.1, 0.15) is 11.9 Å². The number of amidine groups is 1. The van der Waals surface area contributed by atoms with Crippen LogP contribution in [0, 0.1) is 5.82 Å². The molecule has 0 aliphatic carbocycles. The predicted molar refractivity (Wildman–Crippen MR) is 111 cm³/mol. The molecule has 29 heavy (non-hydrogen) atoms. The predicted octanol–water partition coefficient (Wildman–Crippen LogP) is 4.03. The first kappa shape index (κ1) is 19.7. The Hall–Kier alpha value is -2.58. The molecule has 3 heterocycles. The van der Waals surface area contributed by atoms with Crippen molar-refractivity contribution in [2.75, 3.05) is 20.2 Å². The first-order valence-electron chi connectivity index (χ1n) is 9.08. The smallest absolute Gasteiger partial charge is 0.338 e. The highest BCUT2D eigenvalue weighted by molar-refractivity contribution is 7.11. The third-order valence-electron chi connectivity index (χ3n) is 4.82. The molecule has 0 bridgehead atoms. The van der Waals surface area contributed by atoms with Gasteiger partial charge in [0.15, 0.2) is 10.8 Å². The van der Waals surface area contributed by atoms with E-state index in [0.29, 0.717) is 29.9 Å². The maximum Gasteiger partial charge on any atom is 0.338 e. The molecular weight excluding hydrogens is 415 g/mol. The van der Waals surface area contributed by atoms with E-state index in [0.717, 1.165) is 16.4 Å². The van der Waals surface area contributed by atoms with E-state index in [-0.39, 0.29) is 11.6 Å². The summed E-state index contributed by atoms with van der Waals surface area (Å²) in [6.07, 6.45) is 2.21. The number of halogens is 2. The summed E-state index contributed by atoms with van der Waals surface area (Å²) in [6, 6.07) is 3.38. The fourth-order valence-corrected chi connectivity index (χ4v) is 4.43. The van der Waals surface area contributed by atoms with Crippen LogP contribution in [0.15, 0.2) is 51.0 Å². The number of rotatable bonds is 4. The number of aliphatic imine (C=N–C) groups is 2. The van der Waals surface area contributed by atoms with Crippen molar-refractivity contribution in [1.82, 2.24) is 9.88 Å². The van der Waals surface area contributed by atoms with E-state index in [9.17, 15) is 9.18 Å². The molecule has 1 aromatic heterocycles. The Morgan fingerprint density at radius 1 is 1.48 bits per heavy atom. The summed E-state index contributed by atoms with van der Waals surface area (Å²) >= 11 is 7.80. The second-order valence-electron chi connectivity index (χ2n) is 6.49. The molecule has 0 unspecified atom stereocenters. The van der Waals surface area contributed by atoms with Crippen LogP contribution in [0.4, 0.5) is 4.39 Å². The van der Waals surface area contributed by atoms with Crippen LogP contribution in [0.5, 0.6) is 0 Å². The number of thiazole rings is 1. The number of esters is 1. The molecule has 1 fully saturated rings.